The molecule has 114 valence electrons. The van der Waals surface area contributed by atoms with Crippen molar-refractivity contribution in [2.24, 2.45) is 0 Å². The van der Waals surface area contributed by atoms with E-state index in [9.17, 15) is 8.42 Å². The topological polar surface area (TPSA) is 79.5 Å². The van der Waals surface area contributed by atoms with Crippen LogP contribution in [-0.4, -0.2) is 54.5 Å². The highest BCUT2D eigenvalue weighted by atomic mass is 32.2. The molecule has 2 heterocycles. The SMILES string of the molecule is CCc1sc(N)nc1CN1CCN(S(=O)(=O)CC)CC1. The summed E-state index contributed by atoms with van der Waals surface area (Å²) >= 11 is 1.55. The molecule has 0 atom stereocenters. The molecule has 1 saturated heterocycles. The van der Waals surface area contributed by atoms with Crippen molar-refractivity contribution in [2.45, 2.75) is 26.8 Å². The molecule has 0 aromatic carbocycles. The third-order valence-corrected chi connectivity index (χ3v) is 6.53. The molecular formula is C12H22N4O2S2. The molecule has 1 aliphatic rings. The fourth-order valence-electron chi connectivity index (χ4n) is 2.36. The lowest BCUT2D eigenvalue weighted by Gasteiger charge is -2.33. The average Bonchev–Trinajstić information content (AvgIpc) is 2.79. The van der Waals surface area contributed by atoms with Gasteiger partial charge in [-0.15, -0.1) is 11.3 Å². The Morgan fingerprint density at radius 2 is 1.90 bits per heavy atom. The third-order valence-electron chi connectivity index (χ3n) is 3.58. The lowest BCUT2D eigenvalue weighted by Crippen LogP contribution is -2.48. The molecule has 0 radical (unpaired) electrons. The summed E-state index contributed by atoms with van der Waals surface area (Å²) in [6.07, 6.45) is 0.939. The molecule has 2 rings (SSSR count). The van der Waals surface area contributed by atoms with Crippen LogP contribution in [0.25, 0.3) is 0 Å². The van der Waals surface area contributed by atoms with E-state index in [1.807, 2.05) is 0 Å². The van der Waals surface area contributed by atoms with Crippen LogP contribution < -0.4 is 5.73 Å². The van der Waals surface area contributed by atoms with E-state index in [-0.39, 0.29) is 5.75 Å². The van der Waals surface area contributed by atoms with E-state index in [0.717, 1.165) is 31.7 Å². The van der Waals surface area contributed by atoms with Gasteiger partial charge in [0.25, 0.3) is 0 Å². The second kappa shape index (κ2) is 6.38. The maximum Gasteiger partial charge on any atom is 0.213 e. The van der Waals surface area contributed by atoms with Gasteiger partial charge >= 0.3 is 0 Å². The summed E-state index contributed by atoms with van der Waals surface area (Å²) in [5.41, 5.74) is 6.80. The van der Waals surface area contributed by atoms with Gasteiger partial charge in [0.15, 0.2) is 5.13 Å². The highest BCUT2D eigenvalue weighted by Gasteiger charge is 2.26. The van der Waals surface area contributed by atoms with Crippen LogP contribution >= 0.6 is 11.3 Å². The molecule has 0 spiro atoms. The zero-order valence-electron chi connectivity index (χ0n) is 12.0. The number of rotatable bonds is 5. The second-order valence-corrected chi connectivity index (χ2v) is 8.22. The summed E-state index contributed by atoms with van der Waals surface area (Å²) in [6, 6.07) is 0. The third kappa shape index (κ3) is 3.49. The van der Waals surface area contributed by atoms with Gasteiger partial charge in [-0.25, -0.2) is 13.4 Å². The second-order valence-electron chi connectivity index (χ2n) is 4.85. The van der Waals surface area contributed by atoms with E-state index in [1.54, 1.807) is 22.6 Å². The summed E-state index contributed by atoms with van der Waals surface area (Å²) in [4.78, 5) is 7.86. The van der Waals surface area contributed by atoms with Gasteiger partial charge in [0.05, 0.1) is 11.4 Å². The summed E-state index contributed by atoms with van der Waals surface area (Å²) in [7, 11) is -3.05. The fraction of sp³-hybridized carbons (Fsp3) is 0.750. The minimum Gasteiger partial charge on any atom is -0.375 e. The van der Waals surface area contributed by atoms with Crippen molar-refractivity contribution in [3.63, 3.8) is 0 Å². The maximum absolute atomic E-state index is 11.8. The van der Waals surface area contributed by atoms with Crippen molar-refractivity contribution in [3.8, 4) is 0 Å². The summed E-state index contributed by atoms with van der Waals surface area (Å²) in [5, 5.41) is 0.615. The first-order chi connectivity index (χ1) is 9.46. The van der Waals surface area contributed by atoms with Crippen LogP contribution in [0.2, 0.25) is 0 Å². The number of hydrogen-bond acceptors (Lipinski definition) is 6. The summed E-state index contributed by atoms with van der Waals surface area (Å²) in [5.74, 6) is 0.176. The maximum atomic E-state index is 11.8. The fourth-order valence-corrected chi connectivity index (χ4v) is 4.23. The van der Waals surface area contributed by atoms with Crippen LogP contribution in [-0.2, 0) is 23.0 Å². The van der Waals surface area contributed by atoms with E-state index >= 15 is 0 Å². The van der Waals surface area contributed by atoms with Gasteiger partial charge in [0, 0.05) is 37.6 Å². The predicted octanol–water partition coefficient (Wildman–Crippen LogP) is 0.755. The highest BCUT2D eigenvalue weighted by Crippen LogP contribution is 2.22. The predicted molar refractivity (Wildman–Crippen MR) is 82.2 cm³/mol. The zero-order chi connectivity index (χ0) is 14.8. The Balaban J connectivity index is 1.95. The molecule has 1 fully saturated rings. The zero-order valence-corrected chi connectivity index (χ0v) is 13.6. The van der Waals surface area contributed by atoms with Gasteiger partial charge in [0.2, 0.25) is 10.0 Å². The first-order valence-electron chi connectivity index (χ1n) is 6.90. The van der Waals surface area contributed by atoms with Crippen molar-refractivity contribution < 1.29 is 8.42 Å². The monoisotopic (exact) mass is 318 g/mol. The number of aryl methyl sites for hydroxylation is 1. The summed E-state index contributed by atoms with van der Waals surface area (Å²) in [6.45, 7) is 7.18. The molecule has 0 amide bonds. The first kappa shape index (κ1) is 15.7. The van der Waals surface area contributed by atoms with Crippen LogP contribution in [0, 0.1) is 0 Å². The van der Waals surface area contributed by atoms with E-state index < -0.39 is 10.0 Å². The summed E-state index contributed by atoms with van der Waals surface area (Å²) < 4.78 is 25.2. The van der Waals surface area contributed by atoms with E-state index in [1.165, 1.54) is 4.88 Å². The smallest absolute Gasteiger partial charge is 0.213 e. The molecule has 6 nitrogen and oxygen atoms in total. The Kier molecular flexibility index (Phi) is 5.00. The highest BCUT2D eigenvalue weighted by molar-refractivity contribution is 7.89. The lowest BCUT2D eigenvalue weighted by molar-refractivity contribution is 0.180. The molecule has 0 aliphatic carbocycles. The number of nitrogen functional groups attached to an aromatic ring is 1. The van der Waals surface area contributed by atoms with Crippen LogP contribution in [0.4, 0.5) is 5.13 Å². The standard InChI is InChI=1S/C12H22N4O2S2/c1-3-11-10(14-12(13)19-11)9-15-5-7-16(8-6-15)20(17,18)4-2/h3-9H2,1-2H3,(H2,13,14). The van der Waals surface area contributed by atoms with E-state index in [0.29, 0.717) is 18.2 Å². The van der Waals surface area contributed by atoms with Gasteiger partial charge in [0.1, 0.15) is 0 Å². The quantitative estimate of drug-likeness (QED) is 0.867. The largest absolute Gasteiger partial charge is 0.375 e. The average molecular weight is 318 g/mol. The number of hydrogen-bond donors (Lipinski definition) is 1. The van der Waals surface area contributed by atoms with Crippen LogP contribution in [0.15, 0.2) is 0 Å². The number of nitrogens with zero attached hydrogens (tertiary/aromatic N) is 3. The Bertz CT molecular complexity index is 548. The molecule has 20 heavy (non-hydrogen) atoms. The molecule has 1 aliphatic heterocycles. The van der Waals surface area contributed by atoms with Crippen LogP contribution in [0.1, 0.15) is 24.4 Å². The first-order valence-corrected chi connectivity index (χ1v) is 9.33. The Morgan fingerprint density at radius 3 is 2.45 bits per heavy atom. The minimum atomic E-state index is -3.05. The van der Waals surface area contributed by atoms with Crippen molar-refractivity contribution in [1.29, 1.82) is 0 Å². The molecule has 1 aromatic heterocycles. The van der Waals surface area contributed by atoms with Crippen molar-refractivity contribution in [3.05, 3.63) is 10.6 Å². The molecule has 1 aromatic rings. The molecule has 8 heteroatoms. The van der Waals surface area contributed by atoms with Crippen molar-refractivity contribution >= 4 is 26.5 Å². The van der Waals surface area contributed by atoms with Crippen molar-refractivity contribution in [2.75, 3.05) is 37.7 Å². The Hall–Kier alpha value is -0.700. The molecular weight excluding hydrogens is 296 g/mol. The molecule has 0 bridgehead atoms. The molecule has 0 unspecified atom stereocenters. The molecule has 2 N–H and O–H groups in total. The van der Waals surface area contributed by atoms with Gasteiger partial charge < -0.3 is 5.73 Å². The van der Waals surface area contributed by atoms with Gasteiger partial charge in [-0.3, -0.25) is 4.90 Å². The van der Waals surface area contributed by atoms with Crippen molar-refractivity contribution in [1.82, 2.24) is 14.2 Å². The Labute approximate surface area is 124 Å². The number of thiazole rings is 1. The number of anilines is 1. The number of aromatic nitrogens is 1. The van der Waals surface area contributed by atoms with Crippen LogP contribution in [0.3, 0.4) is 0 Å². The normalized spacial score (nSPS) is 18.5. The van der Waals surface area contributed by atoms with Gasteiger partial charge in [-0.2, -0.15) is 4.31 Å². The minimum absolute atomic E-state index is 0.176. The van der Waals surface area contributed by atoms with E-state index in [2.05, 4.69) is 16.8 Å². The van der Waals surface area contributed by atoms with E-state index in [4.69, 9.17) is 5.73 Å². The Morgan fingerprint density at radius 1 is 1.25 bits per heavy atom. The van der Waals surface area contributed by atoms with Gasteiger partial charge in [-0.1, -0.05) is 6.92 Å². The van der Waals surface area contributed by atoms with Gasteiger partial charge in [-0.05, 0) is 13.3 Å². The number of nitrogens with two attached hydrogens (primary N) is 1. The lowest BCUT2D eigenvalue weighted by atomic mass is 10.2. The number of sulfonamides is 1. The molecule has 0 saturated carbocycles. The van der Waals surface area contributed by atoms with Crippen LogP contribution in [0.5, 0.6) is 0 Å². The number of piperazine rings is 1.